The van der Waals surface area contributed by atoms with Crippen molar-refractivity contribution in [1.82, 2.24) is 15.2 Å². The van der Waals surface area contributed by atoms with Crippen LogP contribution >= 0.6 is 0 Å². The summed E-state index contributed by atoms with van der Waals surface area (Å²) >= 11 is 0. The molecular weight excluding hydrogens is 214 g/mol. The molecule has 3 N–H and O–H groups in total. The first-order chi connectivity index (χ1) is 8.23. The van der Waals surface area contributed by atoms with Crippen molar-refractivity contribution in [3.05, 3.63) is 0 Å². The van der Waals surface area contributed by atoms with Crippen molar-refractivity contribution in [3.63, 3.8) is 0 Å². The molecular formula is C12H29N5. The van der Waals surface area contributed by atoms with Crippen LogP contribution < -0.4 is 11.3 Å². The Bertz CT molecular complexity index is 201. The molecule has 0 fully saturated rings. The molecule has 0 spiro atoms. The Morgan fingerprint density at radius 2 is 1.71 bits per heavy atom. The summed E-state index contributed by atoms with van der Waals surface area (Å²) in [6.07, 6.45) is 1.14. The molecule has 0 aliphatic carbocycles. The highest BCUT2D eigenvalue weighted by Crippen LogP contribution is 1.96. The topological polar surface area (TPSA) is 56.9 Å². The second kappa shape index (κ2) is 10.4. The molecule has 0 amide bonds. The van der Waals surface area contributed by atoms with Crippen LogP contribution in [0, 0.1) is 0 Å². The SMILES string of the molecule is CCN=C(NN)N(CC)CCCN(CC)CC. The first-order valence-electron chi connectivity index (χ1n) is 6.71. The van der Waals surface area contributed by atoms with Crippen molar-refractivity contribution in [2.75, 3.05) is 39.3 Å². The van der Waals surface area contributed by atoms with E-state index in [9.17, 15) is 0 Å². The summed E-state index contributed by atoms with van der Waals surface area (Å²) in [6, 6.07) is 0. The van der Waals surface area contributed by atoms with Gasteiger partial charge >= 0.3 is 0 Å². The lowest BCUT2D eigenvalue weighted by atomic mass is 10.3. The van der Waals surface area contributed by atoms with Crippen LogP contribution in [0.3, 0.4) is 0 Å². The average Bonchev–Trinajstić information content (AvgIpc) is 2.37. The molecule has 102 valence electrons. The van der Waals surface area contributed by atoms with Crippen LogP contribution in [-0.4, -0.2) is 55.0 Å². The van der Waals surface area contributed by atoms with E-state index in [1.807, 2.05) is 6.92 Å². The molecule has 0 saturated heterocycles. The molecule has 0 heterocycles. The van der Waals surface area contributed by atoms with Crippen molar-refractivity contribution in [2.45, 2.75) is 34.1 Å². The summed E-state index contributed by atoms with van der Waals surface area (Å²) in [5.41, 5.74) is 2.68. The number of nitrogens with one attached hydrogen (secondary N) is 1. The summed E-state index contributed by atoms with van der Waals surface area (Å²) in [5, 5.41) is 0. The van der Waals surface area contributed by atoms with Gasteiger partial charge in [-0.2, -0.15) is 0 Å². The monoisotopic (exact) mass is 243 g/mol. The lowest BCUT2D eigenvalue weighted by molar-refractivity contribution is 0.282. The van der Waals surface area contributed by atoms with Crippen LogP contribution in [0.4, 0.5) is 0 Å². The number of nitrogens with two attached hydrogens (primary N) is 1. The van der Waals surface area contributed by atoms with Crippen LogP contribution in [0.1, 0.15) is 34.1 Å². The first-order valence-corrected chi connectivity index (χ1v) is 6.71. The van der Waals surface area contributed by atoms with Gasteiger partial charge in [-0.05, 0) is 39.9 Å². The van der Waals surface area contributed by atoms with Crippen molar-refractivity contribution in [2.24, 2.45) is 10.8 Å². The number of aliphatic imine (C=N–C) groups is 1. The van der Waals surface area contributed by atoms with E-state index < -0.39 is 0 Å². The van der Waals surface area contributed by atoms with E-state index in [0.29, 0.717) is 0 Å². The third kappa shape index (κ3) is 6.48. The minimum absolute atomic E-state index is 0.756. The van der Waals surface area contributed by atoms with Gasteiger partial charge in [0.15, 0.2) is 0 Å². The number of nitrogens with zero attached hydrogens (tertiary/aromatic N) is 3. The van der Waals surface area contributed by atoms with Gasteiger partial charge in [0.25, 0.3) is 0 Å². The third-order valence-corrected chi connectivity index (χ3v) is 2.92. The molecule has 0 atom stereocenters. The fraction of sp³-hybridized carbons (Fsp3) is 0.917. The Morgan fingerprint density at radius 3 is 2.12 bits per heavy atom. The molecule has 0 aliphatic heterocycles. The van der Waals surface area contributed by atoms with Gasteiger partial charge in [0.2, 0.25) is 5.96 Å². The van der Waals surface area contributed by atoms with E-state index in [-0.39, 0.29) is 0 Å². The lowest BCUT2D eigenvalue weighted by Crippen LogP contribution is -2.45. The summed E-state index contributed by atoms with van der Waals surface area (Å²) in [5.74, 6) is 6.29. The van der Waals surface area contributed by atoms with Crippen LogP contribution in [0.25, 0.3) is 0 Å². The maximum absolute atomic E-state index is 5.49. The summed E-state index contributed by atoms with van der Waals surface area (Å²) in [4.78, 5) is 8.96. The lowest BCUT2D eigenvalue weighted by Gasteiger charge is -2.25. The van der Waals surface area contributed by atoms with Gasteiger partial charge in [0.05, 0.1) is 0 Å². The highest BCUT2D eigenvalue weighted by Gasteiger charge is 2.08. The first kappa shape index (κ1) is 16.2. The molecule has 0 unspecified atom stereocenters. The molecule has 0 bridgehead atoms. The smallest absolute Gasteiger partial charge is 0.208 e. The predicted octanol–water partition coefficient (Wildman–Crippen LogP) is 0.879. The molecule has 0 radical (unpaired) electrons. The summed E-state index contributed by atoms with van der Waals surface area (Å²) in [7, 11) is 0. The van der Waals surface area contributed by atoms with Crippen LogP contribution in [0.15, 0.2) is 4.99 Å². The molecule has 0 aromatic rings. The van der Waals surface area contributed by atoms with Gasteiger partial charge in [0.1, 0.15) is 0 Å². The van der Waals surface area contributed by atoms with E-state index in [1.165, 1.54) is 0 Å². The van der Waals surface area contributed by atoms with Crippen molar-refractivity contribution in [3.8, 4) is 0 Å². The fourth-order valence-electron chi connectivity index (χ4n) is 1.83. The Balaban J connectivity index is 4.08. The number of hydrogen-bond acceptors (Lipinski definition) is 3. The van der Waals surface area contributed by atoms with Crippen molar-refractivity contribution in [1.29, 1.82) is 0 Å². The van der Waals surface area contributed by atoms with Gasteiger partial charge in [-0.3, -0.25) is 10.4 Å². The Morgan fingerprint density at radius 1 is 1.06 bits per heavy atom. The van der Waals surface area contributed by atoms with Crippen molar-refractivity contribution >= 4 is 5.96 Å². The molecule has 0 aromatic carbocycles. The number of hydrogen-bond donors (Lipinski definition) is 2. The standard InChI is InChI=1S/C12H29N5/c1-5-14-12(15-13)17(8-4)11-9-10-16(6-2)7-3/h5-11,13H2,1-4H3,(H,14,15). The number of guanidine groups is 1. The molecule has 0 aliphatic rings. The molecule has 0 rings (SSSR count). The zero-order valence-corrected chi connectivity index (χ0v) is 11.9. The fourth-order valence-corrected chi connectivity index (χ4v) is 1.83. The van der Waals surface area contributed by atoms with Crippen LogP contribution in [0.2, 0.25) is 0 Å². The minimum atomic E-state index is 0.756. The maximum atomic E-state index is 5.49. The Labute approximate surface area is 106 Å². The van der Waals surface area contributed by atoms with Gasteiger partial charge in [-0.1, -0.05) is 13.8 Å². The quantitative estimate of drug-likeness (QED) is 0.288. The van der Waals surface area contributed by atoms with E-state index in [2.05, 4.69) is 41.0 Å². The minimum Gasteiger partial charge on any atom is -0.342 e. The van der Waals surface area contributed by atoms with Gasteiger partial charge in [0, 0.05) is 19.6 Å². The normalized spacial score (nSPS) is 12.0. The second-order valence-electron chi connectivity index (χ2n) is 3.90. The third-order valence-electron chi connectivity index (χ3n) is 2.92. The summed E-state index contributed by atoms with van der Waals surface area (Å²) < 4.78 is 0. The van der Waals surface area contributed by atoms with Gasteiger partial charge < -0.3 is 9.80 Å². The van der Waals surface area contributed by atoms with E-state index in [1.54, 1.807) is 0 Å². The zero-order chi connectivity index (χ0) is 13.1. The molecule has 0 saturated carbocycles. The largest absolute Gasteiger partial charge is 0.342 e. The average molecular weight is 243 g/mol. The van der Waals surface area contributed by atoms with E-state index in [4.69, 9.17) is 5.84 Å². The maximum Gasteiger partial charge on any atom is 0.208 e. The predicted molar refractivity (Wildman–Crippen MR) is 75.0 cm³/mol. The number of rotatable bonds is 8. The second-order valence-corrected chi connectivity index (χ2v) is 3.90. The van der Waals surface area contributed by atoms with Crippen LogP contribution in [0.5, 0.6) is 0 Å². The molecule has 5 nitrogen and oxygen atoms in total. The van der Waals surface area contributed by atoms with Crippen LogP contribution in [-0.2, 0) is 0 Å². The van der Waals surface area contributed by atoms with Crippen molar-refractivity contribution < 1.29 is 0 Å². The highest BCUT2D eigenvalue weighted by atomic mass is 15.4. The Hall–Kier alpha value is -0.810. The molecule has 5 heteroatoms. The molecule has 17 heavy (non-hydrogen) atoms. The Kier molecular flexibility index (Phi) is 9.86. The zero-order valence-electron chi connectivity index (χ0n) is 11.9. The van der Waals surface area contributed by atoms with Gasteiger partial charge in [-0.15, -0.1) is 0 Å². The van der Waals surface area contributed by atoms with E-state index >= 15 is 0 Å². The van der Waals surface area contributed by atoms with Gasteiger partial charge in [-0.25, -0.2) is 5.84 Å². The number of hydrazine groups is 1. The van der Waals surface area contributed by atoms with E-state index in [0.717, 1.165) is 51.6 Å². The highest BCUT2D eigenvalue weighted by molar-refractivity contribution is 5.79. The summed E-state index contributed by atoms with van der Waals surface area (Å²) in [6.45, 7) is 14.6. The molecule has 0 aromatic heterocycles.